The van der Waals surface area contributed by atoms with Crippen molar-refractivity contribution in [3.8, 4) is 22.4 Å². The third-order valence-corrected chi connectivity index (χ3v) is 6.28. The number of benzene rings is 1. The van der Waals surface area contributed by atoms with Crippen LogP contribution >= 0.6 is 0 Å². The first kappa shape index (κ1) is 22.0. The van der Waals surface area contributed by atoms with Crippen molar-refractivity contribution >= 4 is 11.6 Å². The van der Waals surface area contributed by atoms with Crippen molar-refractivity contribution in [1.29, 1.82) is 0 Å². The highest BCUT2D eigenvalue weighted by Crippen LogP contribution is 2.36. The van der Waals surface area contributed by atoms with Crippen LogP contribution in [-0.4, -0.2) is 31.4 Å². The number of halogens is 1. The summed E-state index contributed by atoms with van der Waals surface area (Å²) in [6.45, 7) is 3.77. The minimum Gasteiger partial charge on any atom is -0.390 e. The summed E-state index contributed by atoms with van der Waals surface area (Å²) in [7, 11) is 0. The molecule has 2 heterocycles. The molecule has 0 bridgehead atoms. The largest absolute Gasteiger partial charge is 0.390 e. The minimum atomic E-state index is -0.740. The minimum absolute atomic E-state index is 0.0840. The van der Waals surface area contributed by atoms with Gasteiger partial charge >= 0.3 is 0 Å². The molecule has 7 heteroatoms. The van der Waals surface area contributed by atoms with Crippen LogP contribution in [0.5, 0.6) is 0 Å². The molecule has 32 heavy (non-hydrogen) atoms. The van der Waals surface area contributed by atoms with Crippen molar-refractivity contribution < 1.29 is 14.3 Å². The number of carbonyl (C=O) groups excluding carboxylic acids is 1. The molecule has 1 fully saturated rings. The Morgan fingerprint density at radius 2 is 1.88 bits per heavy atom. The summed E-state index contributed by atoms with van der Waals surface area (Å²) in [6, 6.07) is 8.18. The lowest BCUT2D eigenvalue weighted by Gasteiger charge is -2.32. The van der Waals surface area contributed by atoms with Crippen molar-refractivity contribution in [2.24, 2.45) is 5.92 Å². The van der Waals surface area contributed by atoms with Crippen LogP contribution in [0.4, 0.5) is 10.2 Å². The molecular weight excluding hydrogens is 407 g/mol. The van der Waals surface area contributed by atoms with Gasteiger partial charge in [0.1, 0.15) is 18.0 Å². The molecule has 0 amide bonds. The van der Waals surface area contributed by atoms with Gasteiger partial charge in [-0.25, -0.2) is 19.3 Å². The van der Waals surface area contributed by atoms with E-state index in [0.717, 1.165) is 16.8 Å². The molecule has 0 saturated heterocycles. The molecular formula is C25H27FN4O2. The van der Waals surface area contributed by atoms with Crippen LogP contribution in [0.25, 0.3) is 22.4 Å². The molecule has 3 aromatic rings. The number of aromatic nitrogens is 3. The number of hydrogen-bond donors (Lipinski definition) is 2. The Morgan fingerprint density at radius 3 is 2.50 bits per heavy atom. The number of nitrogen functional groups attached to an aromatic ring is 1. The zero-order chi connectivity index (χ0) is 22.9. The van der Waals surface area contributed by atoms with E-state index < -0.39 is 11.4 Å². The Labute approximate surface area is 186 Å². The number of anilines is 1. The highest BCUT2D eigenvalue weighted by atomic mass is 19.1. The molecule has 166 valence electrons. The number of nitrogens with two attached hydrogens (primary N) is 1. The summed E-state index contributed by atoms with van der Waals surface area (Å²) in [4.78, 5) is 25.9. The van der Waals surface area contributed by atoms with E-state index in [0.29, 0.717) is 49.2 Å². The van der Waals surface area contributed by atoms with E-state index in [1.165, 1.54) is 12.4 Å². The number of ketones is 1. The Kier molecular flexibility index (Phi) is 6.02. The van der Waals surface area contributed by atoms with Gasteiger partial charge in [-0.05, 0) is 63.3 Å². The number of Topliss-reactive ketones (excluding diaryl/α,β-unsaturated/α-hetero) is 1. The zero-order valence-corrected chi connectivity index (χ0v) is 18.3. The van der Waals surface area contributed by atoms with Crippen molar-refractivity contribution in [3.63, 3.8) is 0 Å². The number of hydrogen-bond acceptors (Lipinski definition) is 6. The van der Waals surface area contributed by atoms with E-state index in [2.05, 4.69) is 15.0 Å². The van der Waals surface area contributed by atoms with Gasteiger partial charge in [-0.3, -0.25) is 4.79 Å². The van der Waals surface area contributed by atoms with Crippen LogP contribution in [0.15, 0.2) is 42.9 Å². The van der Waals surface area contributed by atoms with Gasteiger partial charge in [0.2, 0.25) is 0 Å². The monoisotopic (exact) mass is 434 g/mol. The van der Waals surface area contributed by atoms with E-state index in [4.69, 9.17) is 5.73 Å². The Morgan fingerprint density at radius 1 is 1.16 bits per heavy atom. The normalized spacial score (nSPS) is 20.8. The molecule has 0 unspecified atom stereocenters. The van der Waals surface area contributed by atoms with Gasteiger partial charge in [-0.2, -0.15) is 0 Å². The fourth-order valence-corrected chi connectivity index (χ4v) is 4.35. The van der Waals surface area contributed by atoms with Crippen molar-refractivity contribution in [1.82, 2.24) is 15.0 Å². The van der Waals surface area contributed by atoms with Gasteiger partial charge in [0.25, 0.3) is 0 Å². The molecule has 0 aliphatic heterocycles. The zero-order valence-electron chi connectivity index (χ0n) is 18.3. The molecule has 1 aliphatic rings. The molecule has 2 aromatic heterocycles. The predicted molar refractivity (Wildman–Crippen MR) is 121 cm³/mol. The third-order valence-electron chi connectivity index (χ3n) is 6.28. The maximum absolute atomic E-state index is 15.1. The van der Waals surface area contributed by atoms with Gasteiger partial charge < -0.3 is 10.8 Å². The van der Waals surface area contributed by atoms with Crippen LogP contribution in [-0.2, 0) is 6.42 Å². The lowest BCUT2D eigenvalue weighted by molar-refractivity contribution is 0.00966. The first-order chi connectivity index (χ1) is 15.3. The number of pyridine rings is 1. The molecule has 6 nitrogen and oxygen atoms in total. The molecule has 1 aliphatic carbocycles. The van der Waals surface area contributed by atoms with Crippen LogP contribution in [0.2, 0.25) is 0 Å². The van der Waals surface area contributed by atoms with Gasteiger partial charge in [-0.15, -0.1) is 0 Å². The van der Waals surface area contributed by atoms with Crippen LogP contribution in [0, 0.1) is 11.7 Å². The summed E-state index contributed by atoms with van der Waals surface area (Å²) in [5.41, 5.74) is 8.60. The van der Waals surface area contributed by atoms with Crippen LogP contribution < -0.4 is 5.73 Å². The lowest BCUT2D eigenvalue weighted by atomic mass is 9.77. The second-order valence-corrected chi connectivity index (χ2v) is 8.70. The molecule has 1 aromatic carbocycles. The molecule has 0 radical (unpaired) electrons. The summed E-state index contributed by atoms with van der Waals surface area (Å²) in [6.07, 6.45) is 6.00. The van der Waals surface area contributed by atoms with Gasteiger partial charge in [0, 0.05) is 28.8 Å². The Bertz CT molecular complexity index is 1140. The van der Waals surface area contributed by atoms with Crippen LogP contribution in [0.3, 0.4) is 0 Å². The quantitative estimate of drug-likeness (QED) is 0.569. The van der Waals surface area contributed by atoms with Crippen molar-refractivity contribution in [2.75, 3.05) is 5.73 Å². The van der Waals surface area contributed by atoms with Crippen LogP contribution in [0.1, 0.15) is 55.6 Å². The number of rotatable bonds is 5. The van der Waals surface area contributed by atoms with E-state index in [1.54, 1.807) is 31.3 Å². The first-order valence-electron chi connectivity index (χ1n) is 10.9. The van der Waals surface area contributed by atoms with E-state index in [-0.39, 0.29) is 17.3 Å². The smallest absolute Gasteiger partial charge is 0.168 e. The number of nitrogens with zero attached hydrogens (tertiary/aromatic N) is 3. The van der Waals surface area contributed by atoms with Crippen molar-refractivity contribution in [2.45, 2.75) is 51.6 Å². The average Bonchev–Trinajstić information content (AvgIpc) is 2.78. The van der Waals surface area contributed by atoms with Gasteiger partial charge in [-0.1, -0.05) is 13.0 Å². The fourth-order valence-electron chi connectivity index (χ4n) is 4.35. The number of aliphatic hydroxyl groups is 1. The SMILES string of the molecule is CCc1ncnc(-c2ccc(C(=O)C3CCC(C)(O)CC3)c(F)c2)c1-c1ccc(N)nc1. The maximum Gasteiger partial charge on any atom is 0.168 e. The molecule has 0 spiro atoms. The number of aryl methyl sites for hydroxylation is 1. The van der Waals surface area contributed by atoms with E-state index >= 15 is 4.39 Å². The molecule has 1 saturated carbocycles. The van der Waals surface area contributed by atoms with Crippen molar-refractivity contribution in [3.05, 3.63) is 59.9 Å². The standard InChI is InChI=1S/C25H27FN4O2/c1-3-20-22(17-5-7-21(27)28-13-17)23(30-14-29-20)16-4-6-18(19(26)12-16)24(31)15-8-10-25(2,32)11-9-15/h4-7,12-15,32H,3,8-11H2,1-2H3,(H2,27,28). The second-order valence-electron chi connectivity index (χ2n) is 8.70. The third kappa shape index (κ3) is 4.39. The van der Waals surface area contributed by atoms with E-state index in [1.807, 2.05) is 13.0 Å². The Balaban J connectivity index is 1.69. The topological polar surface area (TPSA) is 102 Å². The average molecular weight is 435 g/mol. The van der Waals surface area contributed by atoms with Gasteiger partial charge in [0.05, 0.1) is 22.6 Å². The summed E-state index contributed by atoms with van der Waals surface area (Å²) in [5, 5.41) is 10.1. The van der Waals surface area contributed by atoms with E-state index in [9.17, 15) is 9.90 Å². The predicted octanol–water partition coefficient (Wildman–Crippen LogP) is 4.61. The molecule has 3 N–H and O–H groups in total. The highest BCUT2D eigenvalue weighted by Gasteiger charge is 2.33. The number of carbonyl (C=O) groups is 1. The highest BCUT2D eigenvalue weighted by molar-refractivity contribution is 5.98. The lowest BCUT2D eigenvalue weighted by Crippen LogP contribution is -2.33. The maximum atomic E-state index is 15.1. The first-order valence-corrected chi connectivity index (χ1v) is 10.9. The summed E-state index contributed by atoms with van der Waals surface area (Å²) in [5.74, 6) is -0.631. The molecule has 0 atom stereocenters. The second kappa shape index (κ2) is 8.74. The summed E-state index contributed by atoms with van der Waals surface area (Å²) < 4.78 is 15.1. The van der Waals surface area contributed by atoms with Gasteiger partial charge in [0.15, 0.2) is 5.78 Å². The fraction of sp³-hybridized carbons (Fsp3) is 0.360. The Hall–Kier alpha value is -3.19. The molecule has 4 rings (SSSR count). The summed E-state index contributed by atoms with van der Waals surface area (Å²) >= 11 is 0.